The van der Waals surface area contributed by atoms with E-state index < -0.39 is 22.4 Å². The SMILES string of the molecule is O=[N+]([O-])O[C@H]1CCC[C@H](O[N+](=O)[O-])c2c1n([O-])c1ccccc1[n+]2=O. The number of nitrogens with zero attached hydrogens (tertiary/aromatic N) is 4. The molecule has 25 heavy (non-hydrogen) atoms. The van der Waals surface area contributed by atoms with Crippen LogP contribution in [0.5, 0.6) is 0 Å². The van der Waals surface area contributed by atoms with E-state index >= 15 is 0 Å². The van der Waals surface area contributed by atoms with E-state index in [9.17, 15) is 30.3 Å². The molecule has 0 saturated carbocycles. The van der Waals surface area contributed by atoms with Crippen LogP contribution in [0.25, 0.3) is 11.0 Å². The molecule has 0 amide bonds. The first kappa shape index (κ1) is 16.4. The first-order valence-corrected chi connectivity index (χ1v) is 7.30. The third kappa shape index (κ3) is 2.88. The molecule has 0 fully saturated rings. The average molecular weight is 352 g/mol. The summed E-state index contributed by atoms with van der Waals surface area (Å²) in [6.07, 6.45) is -2.36. The summed E-state index contributed by atoms with van der Waals surface area (Å²) in [5.41, 5.74) is -0.769. The topological polar surface area (TPSA) is 156 Å². The Morgan fingerprint density at radius 1 is 1.08 bits per heavy atom. The van der Waals surface area contributed by atoms with Crippen molar-refractivity contribution in [1.29, 1.82) is 0 Å². The molecule has 0 unspecified atom stereocenters. The van der Waals surface area contributed by atoms with Gasteiger partial charge >= 0.3 is 0 Å². The average Bonchev–Trinajstić information content (AvgIpc) is 2.72. The van der Waals surface area contributed by atoms with Gasteiger partial charge in [0, 0.05) is 11.0 Å². The second-order valence-corrected chi connectivity index (χ2v) is 5.41. The molecule has 0 aliphatic heterocycles. The summed E-state index contributed by atoms with van der Waals surface area (Å²) >= 11 is 0. The fraction of sp³-hybridized carbons (Fsp3) is 0.385. The van der Waals surface area contributed by atoms with Crippen LogP contribution in [0, 0.1) is 30.3 Å². The van der Waals surface area contributed by atoms with E-state index in [1.54, 1.807) is 0 Å². The quantitative estimate of drug-likeness (QED) is 0.347. The summed E-state index contributed by atoms with van der Waals surface area (Å²) < 4.78 is 0.684. The van der Waals surface area contributed by atoms with Gasteiger partial charge < -0.3 is 14.8 Å². The Balaban J connectivity index is 2.33. The molecule has 0 N–H and O–H groups in total. The van der Waals surface area contributed by atoms with Gasteiger partial charge in [0.2, 0.25) is 0 Å². The number of hydrogen-bond donors (Lipinski definition) is 0. The Morgan fingerprint density at radius 3 is 2.36 bits per heavy atom. The molecule has 12 nitrogen and oxygen atoms in total. The minimum absolute atomic E-state index is 0.0325. The zero-order valence-corrected chi connectivity index (χ0v) is 12.6. The van der Waals surface area contributed by atoms with Crippen LogP contribution in [0.1, 0.15) is 42.9 Å². The van der Waals surface area contributed by atoms with E-state index in [4.69, 9.17) is 0 Å². The summed E-state index contributed by atoms with van der Waals surface area (Å²) in [6.45, 7) is 0. The highest BCUT2D eigenvalue weighted by molar-refractivity contribution is 5.72. The molecule has 0 radical (unpaired) electrons. The van der Waals surface area contributed by atoms with Crippen LogP contribution in [-0.4, -0.2) is 14.9 Å². The van der Waals surface area contributed by atoms with Crippen LogP contribution in [0.15, 0.2) is 24.3 Å². The lowest BCUT2D eigenvalue weighted by Crippen LogP contribution is -2.32. The van der Waals surface area contributed by atoms with E-state index in [2.05, 4.69) is 9.68 Å². The Morgan fingerprint density at radius 2 is 1.68 bits per heavy atom. The standard InChI is InChI=1S/C13H12N4O8/c18-14-8-4-1-2-5-9(8)15(19)13-11(25-17(22)23)7-3-6-10(12(13)14)24-16(20)21/h1-2,4-5,10-11H,3,6-7H2/t10-,11-/m0/s1. The molecule has 132 valence electrons. The zero-order valence-electron chi connectivity index (χ0n) is 12.6. The van der Waals surface area contributed by atoms with Gasteiger partial charge in [0.1, 0.15) is 11.2 Å². The predicted octanol–water partition coefficient (Wildman–Crippen LogP) is 1.58. The van der Waals surface area contributed by atoms with Gasteiger partial charge in [0.25, 0.3) is 21.4 Å². The van der Waals surface area contributed by atoms with Gasteiger partial charge in [-0.1, -0.05) is 12.1 Å². The summed E-state index contributed by atoms with van der Waals surface area (Å²) in [5, 5.41) is 32.1. The largest absolute Gasteiger partial charge is 0.805 e. The van der Waals surface area contributed by atoms with Crippen molar-refractivity contribution in [3.63, 3.8) is 0 Å². The molecule has 1 aliphatic rings. The van der Waals surface area contributed by atoms with Gasteiger partial charge in [-0.25, -0.2) is 0 Å². The van der Waals surface area contributed by atoms with Crippen molar-refractivity contribution in [3.8, 4) is 0 Å². The summed E-state index contributed by atoms with van der Waals surface area (Å²) in [4.78, 5) is 43.4. The van der Waals surface area contributed by atoms with Crippen LogP contribution >= 0.6 is 0 Å². The molecule has 3 rings (SSSR count). The smallest absolute Gasteiger partial charge is 0.295 e. The fourth-order valence-electron chi connectivity index (χ4n) is 3.04. The Bertz CT molecular complexity index is 911. The van der Waals surface area contributed by atoms with Crippen molar-refractivity contribution >= 4 is 11.0 Å². The van der Waals surface area contributed by atoms with Crippen LogP contribution in [0.2, 0.25) is 0 Å². The molecule has 2 atom stereocenters. The molecule has 12 heteroatoms. The van der Waals surface area contributed by atoms with Gasteiger partial charge in [0.15, 0.2) is 12.2 Å². The van der Waals surface area contributed by atoms with Gasteiger partial charge in [-0.3, -0.25) is 4.84 Å². The van der Waals surface area contributed by atoms with Gasteiger partial charge in [-0.05, 0) is 25.3 Å². The summed E-state index contributed by atoms with van der Waals surface area (Å²) in [5.74, 6) is 0. The van der Waals surface area contributed by atoms with E-state index in [-0.39, 0.29) is 41.7 Å². The highest BCUT2D eigenvalue weighted by Gasteiger charge is 2.39. The maximum absolute atomic E-state index is 12.7. The minimum Gasteiger partial charge on any atom is -0.805 e. The monoisotopic (exact) mass is 352 g/mol. The highest BCUT2D eigenvalue weighted by atomic mass is 17.0. The van der Waals surface area contributed by atoms with E-state index in [0.29, 0.717) is 9.16 Å². The lowest BCUT2D eigenvalue weighted by atomic mass is 10.1. The Labute approximate surface area is 138 Å². The number of benzene rings is 1. The molecular weight excluding hydrogens is 340 g/mol. The van der Waals surface area contributed by atoms with Crippen molar-refractivity contribution in [3.05, 3.63) is 66.0 Å². The van der Waals surface area contributed by atoms with Gasteiger partial charge in [-0.2, -0.15) is 0 Å². The van der Waals surface area contributed by atoms with Crippen LogP contribution in [0.3, 0.4) is 0 Å². The second-order valence-electron chi connectivity index (χ2n) is 5.41. The van der Waals surface area contributed by atoms with Crippen molar-refractivity contribution in [2.75, 3.05) is 0 Å². The fourth-order valence-corrected chi connectivity index (χ4v) is 3.04. The minimum atomic E-state index is -1.33. The predicted molar refractivity (Wildman–Crippen MR) is 79.6 cm³/mol. The molecule has 1 aromatic heterocycles. The van der Waals surface area contributed by atoms with Gasteiger partial charge in [-0.15, -0.1) is 20.2 Å². The van der Waals surface area contributed by atoms with Crippen molar-refractivity contribution < 1.29 is 24.3 Å². The van der Waals surface area contributed by atoms with Crippen LogP contribution in [-0.2, 0) is 9.68 Å². The number of para-hydroxylation sites is 2. The van der Waals surface area contributed by atoms with Crippen LogP contribution in [0.4, 0.5) is 0 Å². The molecule has 1 aliphatic carbocycles. The van der Waals surface area contributed by atoms with E-state index in [0.717, 1.165) is 0 Å². The van der Waals surface area contributed by atoms with Crippen molar-refractivity contribution in [2.24, 2.45) is 0 Å². The van der Waals surface area contributed by atoms with Crippen LogP contribution < -0.4 is 4.43 Å². The molecular formula is C13H12N4O8. The first-order chi connectivity index (χ1) is 11.9. The lowest BCUT2D eigenvalue weighted by Gasteiger charge is -2.23. The second kappa shape index (κ2) is 6.22. The number of aromatic nitrogens is 2. The molecule has 1 heterocycles. The number of hydrogen-bond acceptors (Lipinski definition) is 8. The lowest BCUT2D eigenvalue weighted by molar-refractivity contribution is -0.775. The zero-order chi connectivity index (χ0) is 18.1. The summed E-state index contributed by atoms with van der Waals surface area (Å²) in [6, 6.07) is 5.78. The number of fused-ring (bicyclic) bond motifs is 2. The maximum Gasteiger partial charge on any atom is 0.295 e. The Hall–Kier alpha value is -3.44. The third-order valence-electron chi connectivity index (χ3n) is 3.99. The van der Waals surface area contributed by atoms with E-state index in [1.807, 2.05) is 0 Å². The maximum atomic E-state index is 12.7. The van der Waals surface area contributed by atoms with Gasteiger partial charge in [0.05, 0.1) is 4.43 Å². The molecule has 0 saturated heterocycles. The number of rotatable bonds is 4. The normalized spacial score (nSPS) is 19.7. The van der Waals surface area contributed by atoms with E-state index in [1.165, 1.54) is 24.3 Å². The molecule has 1 aromatic carbocycles. The molecule has 2 aromatic rings. The third-order valence-corrected chi connectivity index (χ3v) is 3.99. The Kier molecular flexibility index (Phi) is 4.09. The highest BCUT2D eigenvalue weighted by Crippen LogP contribution is 2.37. The molecule has 0 spiro atoms. The van der Waals surface area contributed by atoms with Crippen molar-refractivity contribution in [2.45, 2.75) is 31.5 Å². The molecule has 0 bridgehead atoms. The first-order valence-electron chi connectivity index (χ1n) is 7.30. The summed E-state index contributed by atoms with van der Waals surface area (Å²) in [7, 11) is 0. The van der Waals surface area contributed by atoms with Crippen molar-refractivity contribution in [1.82, 2.24) is 4.73 Å².